The van der Waals surface area contributed by atoms with Crippen LogP contribution in [0.25, 0.3) is 0 Å². The molecule has 0 radical (unpaired) electrons. The summed E-state index contributed by atoms with van der Waals surface area (Å²) >= 11 is 0. The summed E-state index contributed by atoms with van der Waals surface area (Å²) in [4.78, 5) is 25.5. The number of hydrogen-bond donors (Lipinski definition) is 2. The maximum absolute atomic E-state index is 12.4. The summed E-state index contributed by atoms with van der Waals surface area (Å²) in [7, 11) is 0. The van der Waals surface area contributed by atoms with Gasteiger partial charge in [-0.2, -0.15) is 0 Å². The van der Waals surface area contributed by atoms with Crippen LogP contribution in [0, 0.1) is 0 Å². The summed E-state index contributed by atoms with van der Waals surface area (Å²) < 4.78 is 0. The minimum Gasteiger partial charge on any atom is -0.368 e. The van der Waals surface area contributed by atoms with E-state index in [4.69, 9.17) is 11.5 Å². The number of nitrogens with zero attached hydrogens (tertiary/aromatic N) is 1. The van der Waals surface area contributed by atoms with Gasteiger partial charge in [0.2, 0.25) is 11.8 Å². The Labute approximate surface area is 125 Å². The van der Waals surface area contributed by atoms with E-state index in [9.17, 15) is 9.59 Å². The predicted molar refractivity (Wildman–Crippen MR) is 81.3 cm³/mol. The zero-order chi connectivity index (χ0) is 15.2. The fraction of sp³-hybridized carbons (Fsp3) is 0.500. The Morgan fingerprint density at radius 3 is 2.62 bits per heavy atom. The first-order valence-corrected chi connectivity index (χ1v) is 7.49. The van der Waals surface area contributed by atoms with Gasteiger partial charge in [-0.1, -0.05) is 30.3 Å². The first kappa shape index (κ1) is 15.5. The molecule has 1 heterocycles. The Balaban J connectivity index is 1.93. The van der Waals surface area contributed by atoms with E-state index in [1.807, 2.05) is 30.3 Å². The quantitative estimate of drug-likeness (QED) is 0.840. The molecular weight excluding hydrogens is 266 g/mol. The van der Waals surface area contributed by atoms with E-state index in [0.717, 1.165) is 24.8 Å². The van der Waals surface area contributed by atoms with Crippen molar-refractivity contribution in [3.63, 3.8) is 0 Å². The number of primary amides is 1. The van der Waals surface area contributed by atoms with E-state index in [1.165, 1.54) is 0 Å². The van der Waals surface area contributed by atoms with Crippen LogP contribution in [0.3, 0.4) is 0 Å². The fourth-order valence-electron chi connectivity index (χ4n) is 2.79. The van der Waals surface area contributed by atoms with Crippen molar-refractivity contribution in [1.82, 2.24) is 4.90 Å². The Morgan fingerprint density at radius 2 is 1.95 bits per heavy atom. The Hall–Kier alpha value is -1.88. The standard InChI is InChI=1S/C16H23N3O2/c17-13(10-9-12-6-2-1-3-7-12)16(21)19-11-5-4-8-14(19)15(18)20/h1-3,6-7,13-14H,4-5,8-11,17H2,(H2,18,20)/t13-,14?/m0/s1. The van der Waals surface area contributed by atoms with E-state index in [2.05, 4.69) is 0 Å². The number of rotatable bonds is 5. The van der Waals surface area contributed by atoms with Gasteiger partial charge in [0, 0.05) is 6.54 Å². The second kappa shape index (κ2) is 7.22. The molecule has 4 N–H and O–H groups in total. The monoisotopic (exact) mass is 289 g/mol. The van der Waals surface area contributed by atoms with Crippen molar-refractivity contribution in [3.8, 4) is 0 Å². The van der Waals surface area contributed by atoms with Gasteiger partial charge in [-0.3, -0.25) is 9.59 Å². The Bertz CT molecular complexity index is 490. The van der Waals surface area contributed by atoms with Crippen molar-refractivity contribution in [2.24, 2.45) is 11.5 Å². The maximum Gasteiger partial charge on any atom is 0.240 e. The number of likely N-dealkylation sites (tertiary alicyclic amines) is 1. The molecule has 2 amide bonds. The zero-order valence-electron chi connectivity index (χ0n) is 12.2. The van der Waals surface area contributed by atoms with Gasteiger partial charge in [0.25, 0.3) is 0 Å². The van der Waals surface area contributed by atoms with Crippen LogP contribution in [0.5, 0.6) is 0 Å². The molecule has 1 unspecified atom stereocenters. The van der Waals surface area contributed by atoms with E-state index in [0.29, 0.717) is 19.4 Å². The third-order valence-corrected chi connectivity index (χ3v) is 4.02. The molecule has 0 spiro atoms. The maximum atomic E-state index is 12.4. The van der Waals surface area contributed by atoms with Crippen LogP contribution in [-0.2, 0) is 16.0 Å². The van der Waals surface area contributed by atoms with Crippen LogP contribution < -0.4 is 11.5 Å². The first-order chi connectivity index (χ1) is 10.1. The summed E-state index contributed by atoms with van der Waals surface area (Å²) in [5.41, 5.74) is 12.6. The summed E-state index contributed by atoms with van der Waals surface area (Å²) in [5.74, 6) is -0.590. The highest BCUT2D eigenvalue weighted by molar-refractivity contribution is 5.89. The lowest BCUT2D eigenvalue weighted by Crippen LogP contribution is -2.55. The highest BCUT2D eigenvalue weighted by atomic mass is 16.2. The number of hydrogen-bond acceptors (Lipinski definition) is 3. The summed E-state index contributed by atoms with van der Waals surface area (Å²) in [5, 5.41) is 0. The molecule has 5 nitrogen and oxygen atoms in total. The highest BCUT2D eigenvalue weighted by Gasteiger charge is 2.32. The normalized spacial score (nSPS) is 20.0. The molecule has 21 heavy (non-hydrogen) atoms. The molecule has 0 aromatic heterocycles. The second-order valence-electron chi connectivity index (χ2n) is 5.58. The van der Waals surface area contributed by atoms with Gasteiger partial charge in [0.05, 0.1) is 6.04 Å². The molecule has 0 aliphatic carbocycles. The molecule has 2 atom stereocenters. The lowest BCUT2D eigenvalue weighted by Gasteiger charge is -2.35. The average molecular weight is 289 g/mol. The number of benzene rings is 1. The molecule has 0 bridgehead atoms. The topological polar surface area (TPSA) is 89.4 Å². The van der Waals surface area contributed by atoms with Gasteiger partial charge in [-0.15, -0.1) is 0 Å². The number of nitrogens with two attached hydrogens (primary N) is 2. The molecule has 1 saturated heterocycles. The molecule has 5 heteroatoms. The van der Waals surface area contributed by atoms with Gasteiger partial charge in [-0.05, 0) is 37.7 Å². The van der Waals surface area contributed by atoms with Crippen molar-refractivity contribution in [1.29, 1.82) is 0 Å². The van der Waals surface area contributed by atoms with Gasteiger partial charge in [0.1, 0.15) is 6.04 Å². The average Bonchev–Trinajstić information content (AvgIpc) is 2.52. The van der Waals surface area contributed by atoms with E-state index in [1.54, 1.807) is 4.90 Å². The van der Waals surface area contributed by atoms with Crippen molar-refractivity contribution < 1.29 is 9.59 Å². The molecule has 2 rings (SSSR count). The first-order valence-electron chi connectivity index (χ1n) is 7.49. The van der Waals surface area contributed by atoms with Crippen LogP contribution in [0.4, 0.5) is 0 Å². The molecule has 1 aromatic carbocycles. The summed E-state index contributed by atoms with van der Waals surface area (Å²) in [6, 6.07) is 8.86. The second-order valence-corrected chi connectivity index (χ2v) is 5.58. The predicted octanol–water partition coefficient (Wildman–Crippen LogP) is 0.813. The van der Waals surface area contributed by atoms with Crippen LogP contribution in [0.2, 0.25) is 0 Å². The number of aryl methyl sites for hydroxylation is 1. The van der Waals surface area contributed by atoms with Crippen LogP contribution in [-0.4, -0.2) is 35.3 Å². The van der Waals surface area contributed by atoms with Crippen molar-refractivity contribution in [3.05, 3.63) is 35.9 Å². The van der Waals surface area contributed by atoms with Crippen LogP contribution >= 0.6 is 0 Å². The Kier molecular flexibility index (Phi) is 5.33. The van der Waals surface area contributed by atoms with Gasteiger partial charge in [0.15, 0.2) is 0 Å². The third-order valence-electron chi connectivity index (χ3n) is 4.02. The molecule has 1 fully saturated rings. The van der Waals surface area contributed by atoms with Gasteiger partial charge >= 0.3 is 0 Å². The highest BCUT2D eigenvalue weighted by Crippen LogP contribution is 2.18. The lowest BCUT2D eigenvalue weighted by atomic mass is 9.99. The van der Waals surface area contributed by atoms with Gasteiger partial charge in [-0.25, -0.2) is 0 Å². The minimum absolute atomic E-state index is 0.158. The Morgan fingerprint density at radius 1 is 1.24 bits per heavy atom. The largest absolute Gasteiger partial charge is 0.368 e. The number of carbonyl (C=O) groups excluding carboxylic acids is 2. The van der Waals surface area contributed by atoms with Crippen LogP contribution in [0.1, 0.15) is 31.2 Å². The molecule has 114 valence electrons. The van der Waals surface area contributed by atoms with Crippen LogP contribution in [0.15, 0.2) is 30.3 Å². The third kappa shape index (κ3) is 4.04. The van der Waals surface area contributed by atoms with E-state index >= 15 is 0 Å². The SMILES string of the molecule is NC(=O)C1CCCCN1C(=O)[C@@H](N)CCc1ccccc1. The summed E-state index contributed by atoms with van der Waals surface area (Å²) in [6.07, 6.45) is 3.80. The van der Waals surface area contributed by atoms with E-state index < -0.39 is 18.0 Å². The number of carbonyl (C=O) groups is 2. The van der Waals surface area contributed by atoms with Crippen molar-refractivity contribution in [2.75, 3.05) is 6.54 Å². The van der Waals surface area contributed by atoms with Crippen molar-refractivity contribution >= 4 is 11.8 Å². The molecular formula is C16H23N3O2. The fourth-order valence-corrected chi connectivity index (χ4v) is 2.79. The molecule has 0 saturated carbocycles. The smallest absolute Gasteiger partial charge is 0.240 e. The van der Waals surface area contributed by atoms with Crippen molar-refractivity contribution in [2.45, 2.75) is 44.2 Å². The lowest BCUT2D eigenvalue weighted by molar-refractivity contribution is -0.142. The zero-order valence-corrected chi connectivity index (χ0v) is 12.2. The van der Waals surface area contributed by atoms with Gasteiger partial charge < -0.3 is 16.4 Å². The van der Waals surface area contributed by atoms with E-state index in [-0.39, 0.29) is 5.91 Å². The summed E-state index contributed by atoms with van der Waals surface area (Å²) in [6.45, 7) is 0.575. The molecule has 1 aliphatic heterocycles. The molecule has 1 aromatic rings. The number of piperidine rings is 1. The minimum atomic E-state index is -0.579. The number of amides is 2. The molecule has 1 aliphatic rings.